The molecular formula is C20H22N4O2. The highest BCUT2D eigenvalue weighted by Gasteiger charge is 2.25. The fourth-order valence-electron chi connectivity index (χ4n) is 3.14. The molecule has 0 amide bonds. The van der Waals surface area contributed by atoms with Crippen LogP contribution in [0.15, 0.2) is 59.1 Å². The maximum Gasteiger partial charge on any atom is 0.264 e. The van der Waals surface area contributed by atoms with Crippen molar-refractivity contribution in [1.29, 1.82) is 0 Å². The van der Waals surface area contributed by atoms with Crippen molar-refractivity contribution in [2.24, 2.45) is 0 Å². The van der Waals surface area contributed by atoms with Gasteiger partial charge in [-0.2, -0.15) is 4.98 Å². The van der Waals surface area contributed by atoms with E-state index in [1.807, 2.05) is 42.5 Å². The average Bonchev–Trinajstić information content (AvgIpc) is 3.16. The van der Waals surface area contributed by atoms with E-state index in [1.54, 1.807) is 0 Å². The molecule has 3 aromatic rings. The molecule has 1 saturated heterocycles. The first-order valence-electron chi connectivity index (χ1n) is 8.82. The SMILES string of the molecule is CN1CCNCC1c1noc(COc2ccccc2-c2ccccc2)n1. The molecule has 2 heterocycles. The summed E-state index contributed by atoms with van der Waals surface area (Å²) in [5.74, 6) is 1.99. The average molecular weight is 350 g/mol. The van der Waals surface area contributed by atoms with Gasteiger partial charge in [-0.25, -0.2) is 0 Å². The summed E-state index contributed by atoms with van der Waals surface area (Å²) < 4.78 is 11.4. The summed E-state index contributed by atoms with van der Waals surface area (Å²) in [7, 11) is 2.08. The van der Waals surface area contributed by atoms with Gasteiger partial charge in [-0.15, -0.1) is 0 Å². The van der Waals surface area contributed by atoms with Crippen LogP contribution in [-0.4, -0.2) is 41.7 Å². The molecule has 1 aromatic heterocycles. The van der Waals surface area contributed by atoms with Gasteiger partial charge in [-0.3, -0.25) is 4.90 Å². The molecule has 0 spiro atoms. The van der Waals surface area contributed by atoms with E-state index in [0.29, 0.717) is 11.7 Å². The molecule has 6 nitrogen and oxygen atoms in total. The number of ether oxygens (including phenoxy) is 1. The highest BCUT2D eigenvalue weighted by molar-refractivity contribution is 5.70. The second kappa shape index (κ2) is 7.68. The molecule has 134 valence electrons. The topological polar surface area (TPSA) is 63.4 Å². The lowest BCUT2D eigenvalue weighted by atomic mass is 10.1. The van der Waals surface area contributed by atoms with Crippen LogP contribution in [0, 0.1) is 0 Å². The van der Waals surface area contributed by atoms with E-state index in [9.17, 15) is 0 Å². The van der Waals surface area contributed by atoms with E-state index < -0.39 is 0 Å². The van der Waals surface area contributed by atoms with Crippen molar-refractivity contribution in [3.05, 3.63) is 66.3 Å². The van der Waals surface area contributed by atoms with Crippen LogP contribution in [0.4, 0.5) is 0 Å². The molecule has 0 saturated carbocycles. The van der Waals surface area contributed by atoms with Gasteiger partial charge in [0.25, 0.3) is 5.89 Å². The van der Waals surface area contributed by atoms with Gasteiger partial charge in [-0.1, -0.05) is 53.7 Å². The number of nitrogens with zero attached hydrogens (tertiary/aromatic N) is 3. The number of piperazine rings is 1. The van der Waals surface area contributed by atoms with Crippen LogP contribution in [0.25, 0.3) is 11.1 Å². The van der Waals surface area contributed by atoms with Gasteiger partial charge >= 0.3 is 0 Å². The van der Waals surface area contributed by atoms with Crippen molar-refractivity contribution in [2.75, 3.05) is 26.7 Å². The van der Waals surface area contributed by atoms with Crippen LogP contribution >= 0.6 is 0 Å². The molecule has 0 bridgehead atoms. The minimum absolute atomic E-state index is 0.137. The number of hydrogen-bond acceptors (Lipinski definition) is 6. The Morgan fingerprint density at radius 1 is 1.15 bits per heavy atom. The van der Waals surface area contributed by atoms with E-state index in [2.05, 4.69) is 39.5 Å². The maximum absolute atomic E-state index is 5.98. The minimum atomic E-state index is 0.137. The van der Waals surface area contributed by atoms with Gasteiger partial charge in [0.15, 0.2) is 12.4 Å². The van der Waals surface area contributed by atoms with Crippen LogP contribution in [-0.2, 0) is 6.61 Å². The van der Waals surface area contributed by atoms with Crippen LogP contribution in [0.3, 0.4) is 0 Å². The molecule has 0 aliphatic carbocycles. The number of likely N-dealkylation sites (N-methyl/N-ethyl adjacent to an activating group) is 1. The Hall–Kier alpha value is -2.70. The summed E-state index contributed by atoms with van der Waals surface area (Å²) in [6.45, 7) is 3.03. The Balaban J connectivity index is 1.47. The summed E-state index contributed by atoms with van der Waals surface area (Å²) in [5, 5.41) is 7.50. The number of benzene rings is 2. The quantitative estimate of drug-likeness (QED) is 0.763. The van der Waals surface area contributed by atoms with Crippen LogP contribution < -0.4 is 10.1 Å². The predicted octanol–water partition coefficient (Wildman–Crippen LogP) is 2.89. The van der Waals surface area contributed by atoms with E-state index in [-0.39, 0.29) is 12.6 Å². The zero-order chi connectivity index (χ0) is 17.8. The molecule has 26 heavy (non-hydrogen) atoms. The first kappa shape index (κ1) is 16.8. The third-order valence-corrected chi connectivity index (χ3v) is 4.62. The summed E-state index contributed by atoms with van der Waals surface area (Å²) in [4.78, 5) is 6.75. The summed E-state index contributed by atoms with van der Waals surface area (Å²) in [5.41, 5.74) is 2.16. The van der Waals surface area contributed by atoms with Crippen molar-refractivity contribution in [3.63, 3.8) is 0 Å². The third kappa shape index (κ3) is 3.61. The van der Waals surface area contributed by atoms with Crippen molar-refractivity contribution in [2.45, 2.75) is 12.6 Å². The molecule has 1 fully saturated rings. The summed E-state index contributed by atoms with van der Waals surface area (Å²) in [6.07, 6.45) is 0. The summed E-state index contributed by atoms with van der Waals surface area (Å²) in [6, 6.07) is 18.3. The van der Waals surface area contributed by atoms with Crippen molar-refractivity contribution in [3.8, 4) is 16.9 Å². The predicted molar refractivity (Wildman–Crippen MR) is 98.7 cm³/mol. The zero-order valence-electron chi connectivity index (χ0n) is 14.8. The van der Waals surface area contributed by atoms with E-state index >= 15 is 0 Å². The van der Waals surface area contributed by atoms with Gasteiger partial charge in [0.2, 0.25) is 0 Å². The maximum atomic E-state index is 5.98. The van der Waals surface area contributed by atoms with Gasteiger partial charge in [0, 0.05) is 25.2 Å². The van der Waals surface area contributed by atoms with Crippen LogP contribution in [0.5, 0.6) is 5.75 Å². The Bertz CT molecular complexity index is 850. The van der Waals surface area contributed by atoms with E-state index in [1.165, 1.54) is 0 Å². The molecule has 0 radical (unpaired) electrons. The molecule has 1 unspecified atom stereocenters. The smallest absolute Gasteiger partial charge is 0.264 e. The van der Waals surface area contributed by atoms with Crippen molar-refractivity contribution < 1.29 is 9.26 Å². The lowest BCUT2D eigenvalue weighted by Gasteiger charge is -2.30. The van der Waals surface area contributed by atoms with Crippen LogP contribution in [0.2, 0.25) is 0 Å². The second-order valence-electron chi connectivity index (χ2n) is 6.40. The van der Waals surface area contributed by atoms with Gasteiger partial charge in [0.05, 0.1) is 6.04 Å². The second-order valence-corrected chi connectivity index (χ2v) is 6.40. The van der Waals surface area contributed by atoms with Gasteiger partial charge < -0.3 is 14.6 Å². The standard InChI is InChI=1S/C20H22N4O2/c1-24-12-11-21-13-17(24)20-22-19(26-23-20)14-25-18-10-6-5-9-16(18)15-7-3-2-4-8-15/h2-10,17,21H,11-14H2,1H3. The number of aromatic nitrogens is 2. The summed E-state index contributed by atoms with van der Waals surface area (Å²) >= 11 is 0. The zero-order valence-corrected chi connectivity index (χ0v) is 14.8. The first-order chi connectivity index (χ1) is 12.8. The molecule has 1 aliphatic heterocycles. The highest BCUT2D eigenvalue weighted by Crippen LogP contribution is 2.30. The monoisotopic (exact) mass is 350 g/mol. The molecule has 2 aromatic carbocycles. The van der Waals surface area contributed by atoms with Crippen LogP contribution in [0.1, 0.15) is 17.8 Å². The lowest BCUT2D eigenvalue weighted by molar-refractivity contribution is 0.189. The fraction of sp³-hybridized carbons (Fsp3) is 0.300. The molecule has 4 rings (SSSR count). The van der Waals surface area contributed by atoms with Crippen molar-refractivity contribution in [1.82, 2.24) is 20.4 Å². The first-order valence-corrected chi connectivity index (χ1v) is 8.82. The number of rotatable bonds is 5. The third-order valence-electron chi connectivity index (χ3n) is 4.62. The Morgan fingerprint density at radius 3 is 2.81 bits per heavy atom. The largest absolute Gasteiger partial charge is 0.483 e. The lowest BCUT2D eigenvalue weighted by Crippen LogP contribution is -2.44. The molecule has 1 aliphatic rings. The number of para-hydroxylation sites is 1. The molecular weight excluding hydrogens is 328 g/mol. The van der Waals surface area contributed by atoms with Crippen molar-refractivity contribution >= 4 is 0 Å². The van der Waals surface area contributed by atoms with Gasteiger partial charge in [-0.05, 0) is 18.7 Å². The van der Waals surface area contributed by atoms with E-state index in [0.717, 1.165) is 36.5 Å². The number of nitrogens with one attached hydrogen (secondary N) is 1. The highest BCUT2D eigenvalue weighted by atomic mass is 16.5. The Kier molecular flexibility index (Phi) is 4.95. The Labute approximate surface area is 152 Å². The fourth-order valence-corrected chi connectivity index (χ4v) is 3.14. The van der Waals surface area contributed by atoms with E-state index in [4.69, 9.17) is 9.26 Å². The Morgan fingerprint density at radius 2 is 1.96 bits per heavy atom. The minimum Gasteiger partial charge on any atom is -0.483 e. The van der Waals surface area contributed by atoms with Gasteiger partial charge in [0.1, 0.15) is 5.75 Å². The molecule has 1 N–H and O–H groups in total. The normalized spacial score (nSPS) is 18.0. The number of hydrogen-bond donors (Lipinski definition) is 1. The molecule has 6 heteroatoms. The molecule has 1 atom stereocenters.